The molecule has 1 aliphatic rings. The number of nitrogens with two attached hydrogens (primary N) is 1. The van der Waals surface area contributed by atoms with E-state index >= 15 is 0 Å². The molecule has 4 nitrogen and oxygen atoms in total. The van der Waals surface area contributed by atoms with Crippen molar-refractivity contribution in [3.05, 3.63) is 24.3 Å². The molecule has 1 atom stereocenters. The van der Waals surface area contributed by atoms with Crippen molar-refractivity contribution < 1.29 is 14.3 Å². The Morgan fingerprint density at radius 3 is 2.77 bits per heavy atom. The number of para-hydroxylation sites is 2. The first-order valence-electron chi connectivity index (χ1n) is 3.95. The predicted octanol–water partition coefficient (Wildman–Crippen LogP) is 0.312. The fourth-order valence-electron chi connectivity index (χ4n) is 1.16. The van der Waals surface area contributed by atoms with Crippen LogP contribution in [0.15, 0.2) is 24.3 Å². The first-order chi connectivity index (χ1) is 6.27. The van der Waals surface area contributed by atoms with Gasteiger partial charge >= 0.3 is 0 Å². The van der Waals surface area contributed by atoms with Crippen LogP contribution >= 0.6 is 0 Å². The molecule has 0 unspecified atom stereocenters. The highest BCUT2D eigenvalue weighted by Gasteiger charge is 2.24. The van der Waals surface area contributed by atoms with E-state index < -0.39 is 12.0 Å². The van der Waals surface area contributed by atoms with E-state index in [1.165, 1.54) is 0 Å². The summed E-state index contributed by atoms with van der Waals surface area (Å²) < 4.78 is 10.6. The molecule has 0 fully saturated rings. The topological polar surface area (TPSA) is 61.6 Å². The van der Waals surface area contributed by atoms with Crippen LogP contribution in [0.25, 0.3) is 0 Å². The second-order valence-corrected chi connectivity index (χ2v) is 2.77. The summed E-state index contributed by atoms with van der Waals surface area (Å²) in [5, 5.41) is 0. The van der Waals surface area contributed by atoms with E-state index in [4.69, 9.17) is 15.2 Å². The summed E-state index contributed by atoms with van der Waals surface area (Å²) in [5.74, 6) is 0.715. The molecule has 0 saturated carbocycles. The maximum Gasteiger partial charge on any atom is 0.262 e. The number of carbonyl (C=O) groups excluding carboxylic acids is 1. The predicted molar refractivity (Wildman–Crippen MR) is 45.5 cm³/mol. The molecule has 1 heterocycles. The lowest BCUT2D eigenvalue weighted by molar-refractivity contribution is -0.127. The van der Waals surface area contributed by atoms with E-state index in [0.29, 0.717) is 11.5 Å². The van der Waals surface area contributed by atoms with Crippen LogP contribution in [0.1, 0.15) is 0 Å². The summed E-state index contributed by atoms with van der Waals surface area (Å²) in [6.45, 7) is 0.187. The zero-order valence-corrected chi connectivity index (χ0v) is 6.90. The van der Waals surface area contributed by atoms with Crippen molar-refractivity contribution in [3.63, 3.8) is 0 Å². The monoisotopic (exact) mass is 179 g/mol. The number of amides is 1. The van der Waals surface area contributed by atoms with E-state index in [1.807, 2.05) is 12.1 Å². The lowest BCUT2D eigenvalue weighted by Gasteiger charge is -2.23. The second-order valence-electron chi connectivity index (χ2n) is 2.77. The van der Waals surface area contributed by atoms with Crippen LogP contribution in [0.2, 0.25) is 0 Å². The number of hydrogen-bond donors (Lipinski definition) is 1. The van der Waals surface area contributed by atoms with E-state index in [-0.39, 0.29) is 6.61 Å². The number of carbonyl (C=O) groups is 1. The Morgan fingerprint density at radius 1 is 1.38 bits per heavy atom. The van der Waals surface area contributed by atoms with Crippen LogP contribution in [0, 0.1) is 0 Å². The Kier molecular flexibility index (Phi) is 1.81. The standard InChI is InChI=1S/C9H9NO3/c10-9(11)8-5-12-6-3-1-2-4-7(6)13-8/h1-4,8H,5H2,(H2,10,11)/t8-/m0/s1. The largest absolute Gasteiger partial charge is 0.485 e. The van der Waals surface area contributed by atoms with Crippen LogP contribution in [0.5, 0.6) is 11.5 Å². The van der Waals surface area contributed by atoms with E-state index in [0.717, 1.165) is 0 Å². The first-order valence-corrected chi connectivity index (χ1v) is 3.95. The summed E-state index contributed by atoms with van der Waals surface area (Å²) in [5.41, 5.74) is 5.08. The summed E-state index contributed by atoms with van der Waals surface area (Å²) in [6.07, 6.45) is -0.671. The molecule has 4 heteroatoms. The molecule has 1 aromatic carbocycles. The maximum atomic E-state index is 10.8. The number of hydrogen-bond acceptors (Lipinski definition) is 3. The number of rotatable bonds is 1. The molecular weight excluding hydrogens is 170 g/mol. The van der Waals surface area contributed by atoms with Crippen LogP contribution in [0.3, 0.4) is 0 Å². The fourth-order valence-corrected chi connectivity index (χ4v) is 1.16. The number of fused-ring (bicyclic) bond motifs is 1. The quantitative estimate of drug-likeness (QED) is 0.675. The zero-order valence-electron chi connectivity index (χ0n) is 6.90. The van der Waals surface area contributed by atoms with Gasteiger partial charge in [0.25, 0.3) is 5.91 Å². The molecule has 0 bridgehead atoms. The van der Waals surface area contributed by atoms with Crippen molar-refractivity contribution in [2.45, 2.75) is 6.10 Å². The number of primary amides is 1. The summed E-state index contributed by atoms with van der Waals surface area (Å²) in [6, 6.07) is 7.18. The lowest BCUT2D eigenvalue weighted by atomic mass is 10.2. The number of ether oxygens (including phenoxy) is 2. The molecule has 1 aromatic rings. The molecule has 0 aromatic heterocycles. The van der Waals surface area contributed by atoms with Crippen molar-refractivity contribution in [2.24, 2.45) is 5.73 Å². The van der Waals surface area contributed by atoms with Crippen molar-refractivity contribution in [3.8, 4) is 11.5 Å². The summed E-state index contributed by atoms with van der Waals surface area (Å²) in [4.78, 5) is 10.8. The molecule has 0 saturated heterocycles. The molecule has 2 rings (SSSR count). The van der Waals surface area contributed by atoms with Crippen LogP contribution in [-0.2, 0) is 4.79 Å². The minimum Gasteiger partial charge on any atom is -0.485 e. The smallest absolute Gasteiger partial charge is 0.262 e. The highest BCUT2D eigenvalue weighted by molar-refractivity contribution is 5.79. The van der Waals surface area contributed by atoms with Gasteiger partial charge in [-0.15, -0.1) is 0 Å². The van der Waals surface area contributed by atoms with Gasteiger partial charge in [0.05, 0.1) is 0 Å². The average Bonchev–Trinajstić information content (AvgIpc) is 2.17. The minimum atomic E-state index is -0.671. The first kappa shape index (κ1) is 7.91. The molecule has 0 aliphatic carbocycles. The molecule has 2 N–H and O–H groups in total. The van der Waals surface area contributed by atoms with E-state index in [2.05, 4.69) is 0 Å². The zero-order chi connectivity index (χ0) is 9.26. The molecule has 1 amide bonds. The maximum absolute atomic E-state index is 10.8. The SMILES string of the molecule is NC(=O)[C@@H]1COc2ccccc2O1. The third-order valence-electron chi connectivity index (χ3n) is 1.83. The fraction of sp³-hybridized carbons (Fsp3) is 0.222. The number of benzene rings is 1. The lowest BCUT2D eigenvalue weighted by Crippen LogP contribution is -2.40. The van der Waals surface area contributed by atoms with Crippen LogP contribution in [-0.4, -0.2) is 18.6 Å². The van der Waals surface area contributed by atoms with E-state index in [1.54, 1.807) is 12.1 Å². The molecule has 0 radical (unpaired) electrons. The van der Waals surface area contributed by atoms with Gasteiger partial charge in [-0.25, -0.2) is 0 Å². The molecule has 0 spiro atoms. The molecular formula is C9H9NO3. The normalized spacial score (nSPS) is 19.5. The molecule has 68 valence electrons. The summed E-state index contributed by atoms with van der Waals surface area (Å²) in [7, 11) is 0. The van der Waals surface area contributed by atoms with Crippen molar-refractivity contribution in [2.75, 3.05) is 6.61 Å². The van der Waals surface area contributed by atoms with Gasteiger partial charge in [0.1, 0.15) is 6.61 Å². The Bertz CT molecular complexity index is 337. The third-order valence-corrected chi connectivity index (χ3v) is 1.83. The van der Waals surface area contributed by atoms with E-state index in [9.17, 15) is 4.79 Å². The van der Waals surface area contributed by atoms with Gasteiger partial charge in [-0.05, 0) is 12.1 Å². The average molecular weight is 179 g/mol. The summed E-state index contributed by atoms with van der Waals surface area (Å²) >= 11 is 0. The second kappa shape index (κ2) is 2.97. The van der Waals surface area contributed by atoms with Crippen molar-refractivity contribution in [1.29, 1.82) is 0 Å². The third kappa shape index (κ3) is 1.42. The molecule has 13 heavy (non-hydrogen) atoms. The van der Waals surface area contributed by atoms with Gasteiger partial charge in [-0.3, -0.25) is 4.79 Å². The van der Waals surface area contributed by atoms with Crippen LogP contribution in [0.4, 0.5) is 0 Å². The Balaban J connectivity index is 2.24. The van der Waals surface area contributed by atoms with Crippen molar-refractivity contribution in [1.82, 2.24) is 0 Å². The van der Waals surface area contributed by atoms with Gasteiger partial charge < -0.3 is 15.2 Å². The van der Waals surface area contributed by atoms with Gasteiger partial charge in [-0.2, -0.15) is 0 Å². The Labute approximate surface area is 75.2 Å². The Hall–Kier alpha value is -1.71. The van der Waals surface area contributed by atoms with Gasteiger partial charge in [-0.1, -0.05) is 12.1 Å². The molecule has 1 aliphatic heterocycles. The van der Waals surface area contributed by atoms with Crippen LogP contribution < -0.4 is 15.2 Å². The highest BCUT2D eigenvalue weighted by Crippen LogP contribution is 2.30. The van der Waals surface area contributed by atoms with Gasteiger partial charge in [0.15, 0.2) is 11.5 Å². The Morgan fingerprint density at radius 2 is 2.08 bits per heavy atom. The van der Waals surface area contributed by atoms with Gasteiger partial charge in [0, 0.05) is 0 Å². The highest BCUT2D eigenvalue weighted by atomic mass is 16.6. The minimum absolute atomic E-state index is 0.187. The van der Waals surface area contributed by atoms with Gasteiger partial charge in [0.2, 0.25) is 6.10 Å². The van der Waals surface area contributed by atoms with Crippen molar-refractivity contribution >= 4 is 5.91 Å².